The van der Waals surface area contributed by atoms with E-state index in [0.717, 1.165) is 18.4 Å². The lowest BCUT2D eigenvalue weighted by Crippen LogP contribution is -2.51. The molecule has 1 fully saturated rings. The van der Waals surface area contributed by atoms with Gasteiger partial charge in [0.1, 0.15) is 11.9 Å². The predicted octanol–water partition coefficient (Wildman–Crippen LogP) is 3.43. The number of amides is 2. The van der Waals surface area contributed by atoms with E-state index in [1.54, 1.807) is 6.07 Å². The molecular formula is C22H25FN2O2. The average molecular weight is 368 g/mol. The van der Waals surface area contributed by atoms with Gasteiger partial charge >= 0.3 is 0 Å². The summed E-state index contributed by atoms with van der Waals surface area (Å²) in [5.74, 6) is -0.369. The van der Waals surface area contributed by atoms with Crippen LogP contribution in [-0.4, -0.2) is 35.8 Å². The molecule has 0 radical (unpaired) electrons. The summed E-state index contributed by atoms with van der Waals surface area (Å²) in [6, 6.07) is 14.4. The first kappa shape index (κ1) is 19.1. The van der Waals surface area contributed by atoms with Crippen LogP contribution in [0.2, 0.25) is 0 Å². The zero-order valence-corrected chi connectivity index (χ0v) is 15.5. The van der Waals surface area contributed by atoms with Crippen molar-refractivity contribution >= 4 is 11.8 Å². The fraction of sp³-hybridized carbons (Fsp3) is 0.364. The molecule has 5 heteroatoms. The molecule has 4 nitrogen and oxygen atoms in total. The first-order valence-electron chi connectivity index (χ1n) is 9.42. The highest BCUT2D eigenvalue weighted by Crippen LogP contribution is 2.18. The second-order valence-electron chi connectivity index (χ2n) is 7.23. The molecule has 1 heterocycles. The van der Waals surface area contributed by atoms with E-state index >= 15 is 0 Å². The van der Waals surface area contributed by atoms with Gasteiger partial charge in [-0.2, -0.15) is 0 Å². The number of halogens is 1. The Morgan fingerprint density at radius 1 is 1.11 bits per heavy atom. The second-order valence-corrected chi connectivity index (χ2v) is 7.23. The molecule has 1 unspecified atom stereocenters. The van der Waals surface area contributed by atoms with Crippen LogP contribution in [0.25, 0.3) is 0 Å². The van der Waals surface area contributed by atoms with Crippen LogP contribution in [0.1, 0.15) is 35.7 Å². The standard InChI is InChI=1S/C22H25FN2O2/c1-16-10-12-25(13-11-16)22(27)20(14-17-6-3-2-4-7-17)24-21(26)18-8-5-9-19(23)15-18/h2-9,15-16,20H,10-14H2,1H3,(H,24,26). The van der Waals surface area contributed by atoms with Gasteiger partial charge in [0, 0.05) is 25.1 Å². The van der Waals surface area contributed by atoms with Crippen LogP contribution >= 0.6 is 0 Å². The highest BCUT2D eigenvalue weighted by molar-refractivity contribution is 5.97. The van der Waals surface area contributed by atoms with Gasteiger partial charge in [0.2, 0.25) is 5.91 Å². The van der Waals surface area contributed by atoms with Crippen LogP contribution in [-0.2, 0) is 11.2 Å². The number of nitrogens with one attached hydrogen (secondary N) is 1. The van der Waals surface area contributed by atoms with E-state index in [0.29, 0.717) is 25.4 Å². The maximum atomic E-state index is 13.4. The molecule has 1 N–H and O–H groups in total. The normalized spacial score (nSPS) is 16.0. The number of benzene rings is 2. The van der Waals surface area contributed by atoms with E-state index in [-0.39, 0.29) is 11.5 Å². The number of likely N-dealkylation sites (tertiary alicyclic amines) is 1. The number of hydrogen-bond donors (Lipinski definition) is 1. The van der Waals surface area contributed by atoms with E-state index in [1.807, 2.05) is 35.2 Å². The molecule has 142 valence electrons. The quantitative estimate of drug-likeness (QED) is 0.879. The molecule has 1 saturated heterocycles. The van der Waals surface area contributed by atoms with Crippen molar-refractivity contribution in [3.8, 4) is 0 Å². The number of carbonyl (C=O) groups excluding carboxylic acids is 2. The molecule has 1 atom stereocenters. The molecular weight excluding hydrogens is 343 g/mol. The molecule has 0 saturated carbocycles. The third-order valence-electron chi connectivity index (χ3n) is 5.07. The highest BCUT2D eigenvalue weighted by atomic mass is 19.1. The number of carbonyl (C=O) groups is 2. The first-order chi connectivity index (χ1) is 13.0. The Labute approximate surface area is 159 Å². The maximum absolute atomic E-state index is 13.4. The van der Waals surface area contributed by atoms with Crippen LogP contribution in [0.5, 0.6) is 0 Å². The van der Waals surface area contributed by atoms with Crippen molar-refractivity contribution in [2.45, 2.75) is 32.2 Å². The molecule has 0 spiro atoms. The number of piperidine rings is 1. The predicted molar refractivity (Wildman–Crippen MR) is 103 cm³/mol. The van der Waals surface area contributed by atoms with Gasteiger partial charge in [-0.3, -0.25) is 9.59 Å². The molecule has 0 bridgehead atoms. The van der Waals surface area contributed by atoms with Crippen molar-refractivity contribution in [2.75, 3.05) is 13.1 Å². The maximum Gasteiger partial charge on any atom is 0.252 e. The minimum Gasteiger partial charge on any atom is -0.341 e. The number of rotatable bonds is 5. The van der Waals surface area contributed by atoms with Crippen LogP contribution in [0.4, 0.5) is 4.39 Å². The molecule has 2 aromatic carbocycles. The van der Waals surface area contributed by atoms with E-state index in [4.69, 9.17) is 0 Å². The van der Waals surface area contributed by atoms with Gasteiger partial charge in [0.05, 0.1) is 0 Å². The Morgan fingerprint density at radius 2 is 1.81 bits per heavy atom. The van der Waals surface area contributed by atoms with Crippen molar-refractivity contribution in [1.29, 1.82) is 0 Å². The van der Waals surface area contributed by atoms with E-state index in [2.05, 4.69) is 12.2 Å². The van der Waals surface area contributed by atoms with Crippen LogP contribution in [0.15, 0.2) is 54.6 Å². The van der Waals surface area contributed by atoms with Crippen molar-refractivity contribution in [3.63, 3.8) is 0 Å². The Morgan fingerprint density at radius 3 is 2.48 bits per heavy atom. The monoisotopic (exact) mass is 368 g/mol. The smallest absolute Gasteiger partial charge is 0.252 e. The van der Waals surface area contributed by atoms with Crippen LogP contribution in [0, 0.1) is 11.7 Å². The van der Waals surface area contributed by atoms with Gasteiger partial charge < -0.3 is 10.2 Å². The summed E-state index contributed by atoms with van der Waals surface area (Å²) in [5.41, 5.74) is 1.19. The molecule has 1 aliphatic heterocycles. The fourth-order valence-electron chi connectivity index (χ4n) is 3.37. The third-order valence-corrected chi connectivity index (χ3v) is 5.07. The Hall–Kier alpha value is -2.69. The van der Waals surface area contributed by atoms with Gasteiger partial charge in [0.25, 0.3) is 5.91 Å². The second kappa shape index (κ2) is 8.80. The van der Waals surface area contributed by atoms with Crippen molar-refractivity contribution in [3.05, 3.63) is 71.5 Å². The summed E-state index contributed by atoms with van der Waals surface area (Å²) < 4.78 is 13.4. The zero-order chi connectivity index (χ0) is 19.2. The molecule has 3 rings (SSSR count). The molecule has 1 aliphatic rings. The van der Waals surface area contributed by atoms with Crippen LogP contribution in [0.3, 0.4) is 0 Å². The summed E-state index contributed by atoms with van der Waals surface area (Å²) in [7, 11) is 0. The molecule has 2 aromatic rings. The lowest BCUT2D eigenvalue weighted by Gasteiger charge is -2.33. The van der Waals surface area contributed by atoms with Gasteiger partial charge in [-0.05, 0) is 42.5 Å². The Kier molecular flexibility index (Phi) is 6.22. The zero-order valence-electron chi connectivity index (χ0n) is 15.5. The fourth-order valence-corrected chi connectivity index (χ4v) is 3.37. The average Bonchev–Trinajstić information content (AvgIpc) is 2.68. The van der Waals surface area contributed by atoms with Gasteiger partial charge in [-0.1, -0.05) is 43.3 Å². The Balaban J connectivity index is 1.76. The van der Waals surface area contributed by atoms with Gasteiger partial charge in [-0.25, -0.2) is 4.39 Å². The molecule has 0 aliphatic carbocycles. The summed E-state index contributed by atoms with van der Waals surface area (Å²) in [5, 5.41) is 2.82. The SMILES string of the molecule is CC1CCN(C(=O)C(Cc2ccccc2)NC(=O)c2cccc(F)c2)CC1. The number of hydrogen-bond acceptors (Lipinski definition) is 2. The third kappa shape index (κ3) is 5.16. The van der Waals surface area contributed by atoms with Crippen molar-refractivity contribution in [2.24, 2.45) is 5.92 Å². The Bertz CT molecular complexity index is 786. The molecule has 27 heavy (non-hydrogen) atoms. The van der Waals surface area contributed by atoms with Crippen LogP contribution < -0.4 is 5.32 Å². The highest BCUT2D eigenvalue weighted by Gasteiger charge is 2.28. The van der Waals surface area contributed by atoms with E-state index in [1.165, 1.54) is 18.2 Å². The summed E-state index contributed by atoms with van der Waals surface area (Å²) in [6.45, 7) is 3.61. The summed E-state index contributed by atoms with van der Waals surface area (Å²) in [6.07, 6.45) is 2.36. The molecule has 0 aromatic heterocycles. The lowest BCUT2D eigenvalue weighted by molar-refractivity contribution is -0.134. The van der Waals surface area contributed by atoms with Crippen molar-refractivity contribution < 1.29 is 14.0 Å². The number of nitrogens with zero attached hydrogens (tertiary/aromatic N) is 1. The minimum atomic E-state index is -0.670. The van der Waals surface area contributed by atoms with E-state index < -0.39 is 17.8 Å². The summed E-state index contributed by atoms with van der Waals surface area (Å²) in [4.78, 5) is 27.5. The van der Waals surface area contributed by atoms with Crippen molar-refractivity contribution in [1.82, 2.24) is 10.2 Å². The summed E-state index contributed by atoms with van der Waals surface area (Å²) >= 11 is 0. The first-order valence-corrected chi connectivity index (χ1v) is 9.42. The molecule has 2 amide bonds. The minimum absolute atomic E-state index is 0.0736. The largest absolute Gasteiger partial charge is 0.341 e. The van der Waals surface area contributed by atoms with Gasteiger partial charge in [-0.15, -0.1) is 0 Å². The topological polar surface area (TPSA) is 49.4 Å². The van der Waals surface area contributed by atoms with E-state index in [9.17, 15) is 14.0 Å². The van der Waals surface area contributed by atoms with Gasteiger partial charge in [0.15, 0.2) is 0 Å². The lowest BCUT2D eigenvalue weighted by atomic mass is 9.97.